The number of halogens is 1. The van der Waals surface area contributed by atoms with Crippen molar-refractivity contribution in [1.29, 1.82) is 0 Å². The lowest BCUT2D eigenvalue weighted by Crippen LogP contribution is -2.03. The Bertz CT molecular complexity index is 1150. The van der Waals surface area contributed by atoms with E-state index in [1.807, 2.05) is 43.3 Å². The number of carbonyl (C=O) groups is 1. The number of nitrogens with zero attached hydrogens (tertiary/aromatic N) is 1. The molecule has 0 fully saturated rings. The zero-order chi connectivity index (χ0) is 19.7. The van der Waals surface area contributed by atoms with Crippen LogP contribution in [0.25, 0.3) is 22.2 Å². The summed E-state index contributed by atoms with van der Waals surface area (Å²) in [5.74, 6) is -0.303. The third-order valence-electron chi connectivity index (χ3n) is 4.95. The second-order valence-electron chi connectivity index (χ2n) is 6.76. The Labute approximate surface area is 161 Å². The number of aliphatic hydroxyl groups is 1. The summed E-state index contributed by atoms with van der Waals surface area (Å²) in [7, 11) is 0. The summed E-state index contributed by atoms with van der Waals surface area (Å²) in [6.07, 6.45) is 0. The Balaban J connectivity index is 1.67. The standard InChI is InChI=1S/C23H19FN2O2/c1-14(18-9-7-16(11-19(18)24)15-5-3-2-4-6-15)23-25-20-10-8-17(22(28)13-27)12-21(20)26-23/h2-12,14,27H,13H2,1H3,(H,25,26). The maximum atomic E-state index is 14.8. The van der Waals surface area contributed by atoms with E-state index in [-0.39, 0.29) is 17.5 Å². The number of hydrogen-bond acceptors (Lipinski definition) is 3. The summed E-state index contributed by atoms with van der Waals surface area (Å²) in [6.45, 7) is 1.35. The number of hydrogen-bond donors (Lipinski definition) is 2. The van der Waals surface area contributed by atoms with Gasteiger partial charge in [-0.05, 0) is 41.0 Å². The minimum absolute atomic E-state index is 0.283. The largest absolute Gasteiger partial charge is 0.388 e. The lowest BCUT2D eigenvalue weighted by molar-refractivity contribution is 0.0904. The van der Waals surface area contributed by atoms with Crippen LogP contribution >= 0.6 is 0 Å². The number of aliphatic hydroxyl groups excluding tert-OH is 1. The van der Waals surface area contributed by atoms with E-state index < -0.39 is 6.61 Å². The third kappa shape index (κ3) is 3.32. The number of fused-ring (bicyclic) bond motifs is 1. The molecule has 1 atom stereocenters. The monoisotopic (exact) mass is 374 g/mol. The SMILES string of the molecule is CC(c1nc2ccc(C(=O)CO)cc2[nH]1)c1ccc(-c2ccccc2)cc1F. The number of aromatic amines is 1. The molecule has 0 radical (unpaired) electrons. The first-order valence-corrected chi connectivity index (χ1v) is 9.05. The lowest BCUT2D eigenvalue weighted by Gasteiger charge is -2.12. The Hall–Kier alpha value is -3.31. The molecule has 4 nitrogen and oxygen atoms in total. The molecular formula is C23H19FN2O2. The van der Waals surface area contributed by atoms with Crippen LogP contribution in [0.3, 0.4) is 0 Å². The van der Waals surface area contributed by atoms with Crippen LogP contribution in [0.5, 0.6) is 0 Å². The van der Waals surface area contributed by atoms with Gasteiger partial charge in [-0.15, -0.1) is 0 Å². The first-order chi connectivity index (χ1) is 13.6. The van der Waals surface area contributed by atoms with Gasteiger partial charge in [0.1, 0.15) is 18.2 Å². The second kappa shape index (κ2) is 7.37. The van der Waals surface area contributed by atoms with Gasteiger partial charge in [0.25, 0.3) is 0 Å². The summed E-state index contributed by atoms with van der Waals surface area (Å²) in [6, 6.07) is 19.9. The van der Waals surface area contributed by atoms with E-state index in [9.17, 15) is 9.18 Å². The Morgan fingerprint density at radius 3 is 2.57 bits per heavy atom. The summed E-state index contributed by atoms with van der Waals surface area (Å²) >= 11 is 0. The molecule has 0 spiro atoms. The molecule has 0 saturated carbocycles. The highest BCUT2D eigenvalue weighted by Gasteiger charge is 2.18. The number of benzene rings is 3. The smallest absolute Gasteiger partial charge is 0.188 e. The van der Waals surface area contributed by atoms with Crippen LogP contribution in [0.1, 0.15) is 34.6 Å². The highest BCUT2D eigenvalue weighted by Crippen LogP contribution is 2.29. The molecule has 140 valence electrons. The zero-order valence-electron chi connectivity index (χ0n) is 15.3. The predicted octanol–water partition coefficient (Wildman–Crippen LogP) is 4.70. The number of H-pyrrole nitrogens is 1. The molecule has 4 aromatic rings. The predicted molar refractivity (Wildman–Crippen MR) is 107 cm³/mol. The van der Waals surface area contributed by atoms with Crippen molar-refractivity contribution in [3.8, 4) is 11.1 Å². The van der Waals surface area contributed by atoms with E-state index >= 15 is 0 Å². The lowest BCUT2D eigenvalue weighted by atomic mass is 9.96. The minimum Gasteiger partial charge on any atom is -0.388 e. The average molecular weight is 374 g/mol. The molecule has 1 unspecified atom stereocenters. The molecule has 0 aliphatic heterocycles. The van der Waals surface area contributed by atoms with Crippen LogP contribution in [0, 0.1) is 5.82 Å². The maximum absolute atomic E-state index is 14.8. The second-order valence-corrected chi connectivity index (χ2v) is 6.76. The fraction of sp³-hybridized carbons (Fsp3) is 0.130. The van der Waals surface area contributed by atoms with Gasteiger partial charge < -0.3 is 10.1 Å². The highest BCUT2D eigenvalue weighted by molar-refractivity contribution is 5.99. The summed E-state index contributed by atoms with van der Waals surface area (Å²) in [5, 5.41) is 9.02. The van der Waals surface area contributed by atoms with Crippen LogP contribution in [0.15, 0.2) is 66.7 Å². The fourth-order valence-electron chi connectivity index (χ4n) is 3.33. The molecule has 0 aliphatic carbocycles. The topological polar surface area (TPSA) is 66.0 Å². The fourth-order valence-corrected chi connectivity index (χ4v) is 3.33. The molecule has 0 amide bonds. The van der Waals surface area contributed by atoms with Crippen molar-refractivity contribution in [3.63, 3.8) is 0 Å². The summed E-state index contributed by atoms with van der Waals surface area (Å²) < 4.78 is 14.8. The molecule has 1 aromatic heterocycles. The molecule has 28 heavy (non-hydrogen) atoms. The van der Waals surface area contributed by atoms with Crippen molar-refractivity contribution in [3.05, 3.63) is 89.5 Å². The van der Waals surface area contributed by atoms with Crippen molar-refractivity contribution >= 4 is 16.8 Å². The van der Waals surface area contributed by atoms with E-state index in [0.717, 1.165) is 11.1 Å². The van der Waals surface area contributed by atoms with E-state index in [1.54, 1.807) is 30.3 Å². The van der Waals surface area contributed by atoms with Crippen molar-refractivity contribution in [1.82, 2.24) is 9.97 Å². The van der Waals surface area contributed by atoms with Crippen LogP contribution in [-0.2, 0) is 0 Å². The first kappa shape index (κ1) is 18.1. The molecule has 2 N–H and O–H groups in total. The minimum atomic E-state index is -0.540. The van der Waals surface area contributed by atoms with Crippen LogP contribution < -0.4 is 0 Å². The Kier molecular flexibility index (Phi) is 4.75. The quantitative estimate of drug-likeness (QED) is 0.498. The van der Waals surface area contributed by atoms with Crippen molar-refractivity contribution in [2.45, 2.75) is 12.8 Å². The van der Waals surface area contributed by atoms with Gasteiger partial charge >= 0.3 is 0 Å². The van der Waals surface area contributed by atoms with Gasteiger partial charge in [-0.1, -0.05) is 49.4 Å². The van der Waals surface area contributed by atoms with E-state index in [0.29, 0.717) is 28.0 Å². The van der Waals surface area contributed by atoms with Crippen LogP contribution in [0.2, 0.25) is 0 Å². The molecule has 1 heterocycles. The van der Waals surface area contributed by atoms with E-state index in [2.05, 4.69) is 9.97 Å². The van der Waals surface area contributed by atoms with Gasteiger partial charge in [-0.3, -0.25) is 4.79 Å². The molecule has 0 aliphatic rings. The number of nitrogens with one attached hydrogen (secondary N) is 1. The van der Waals surface area contributed by atoms with Gasteiger partial charge in [0, 0.05) is 11.5 Å². The Morgan fingerprint density at radius 1 is 1.07 bits per heavy atom. The number of carbonyl (C=O) groups excluding carboxylic acids is 1. The molecule has 0 bridgehead atoms. The summed E-state index contributed by atoms with van der Waals surface area (Å²) in [5.41, 5.74) is 4.12. The number of aromatic nitrogens is 2. The molecule has 3 aromatic carbocycles. The van der Waals surface area contributed by atoms with E-state index in [1.165, 1.54) is 0 Å². The number of Topliss-reactive ketones (excluding diaryl/α,β-unsaturated/α-hetero) is 1. The normalized spacial score (nSPS) is 12.2. The molecule has 0 saturated heterocycles. The first-order valence-electron chi connectivity index (χ1n) is 9.05. The zero-order valence-corrected chi connectivity index (χ0v) is 15.3. The number of rotatable bonds is 5. The number of ketones is 1. The molecule has 4 rings (SSSR count). The van der Waals surface area contributed by atoms with Gasteiger partial charge in [0.05, 0.1) is 11.0 Å². The van der Waals surface area contributed by atoms with E-state index in [4.69, 9.17) is 5.11 Å². The van der Waals surface area contributed by atoms with Crippen molar-refractivity contribution < 1.29 is 14.3 Å². The van der Waals surface area contributed by atoms with Crippen LogP contribution in [-0.4, -0.2) is 27.5 Å². The van der Waals surface area contributed by atoms with Crippen molar-refractivity contribution in [2.75, 3.05) is 6.61 Å². The molecule has 5 heteroatoms. The number of imidazole rings is 1. The van der Waals surface area contributed by atoms with Crippen LogP contribution in [0.4, 0.5) is 4.39 Å². The average Bonchev–Trinajstić information content (AvgIpc) is 3.16. The van der Waals surface area contributed by atoms with Gasteiger partial charge in [-0.25, -0.2) is 9.37 Å². The Morgan fingerprint density at radius 2 is 1.86 bits per heavy atom. The highest BCUT2D eigenvalue weighted by atomic mass is 19.1. The third-order valence-corrected chi connectivity index (χ3v) is 4.95. The van der Waals surface area contributed by atoms with Gasteiger partial charge in [0.15, 0.2) is 5.78 Å². The summed E-state index contributed by atoms with van der Waals surface area (Å²) in [4.78, 5) is 19.4. The van der Waals surface area contributed by atoms with Crippen molar-refractivity contribution in [2.24, 2.45) is 0 Å². The van der Waals surface area contributed by atoms with Gasteiger partial charge in [0.2, 0.25) is 0 Å². The molecular weight excluding hydrogens is 355 g/mol. The maximum Gasteiger partial charge on any atom is 0.188 e. The van der Waals surface area contributed by atoms with Gasteiger partial charge in [-0.2, -0.15) is 0 Å².